The molecule has 0 bridgehead atoms. The van der Waals surface area contributed by atoms with Crippen LogP contribution in [0.5, 0.6) is 11.5 Å². The van der Waals surface area contributed by atoms with Crippen LogP contribution in [0.1, 0.15) is 11.1 Å². The first-order chi connectivity index (χ1) is 9.81. The number of nitrogens with two attached hydrogens (primary N) is 1. The second-order valence-corrected chi connectivity index (χ2v) is 5.05. The minimum atomic E-state index is -4.56. The summed E-state index contributed by atoms with van der Waals surface area (Å²) in [6, 6.07) is 7.91. The van der Waals surface area contributed by atoms with Gasteiger partial charge in [0.2, 0.25) is 0 Å². The van der Waals surface area contributed by atoms with Crippen molar-refractivity contribution in [2.45, 2.75) is 12.7 Å². The molecule has 0 aliphatic carbocycles. The van der Waals surface area contributed by atoms with E-state index in [1.807, 2.05) is 0 Å². The summed E-state index contributed by atoms with van der Waals surface area (Å²) in [5.41, 5.74) is 4.81. The Bertz CT molecular complexity index is 659. The third kappa shape index (κ3) is 3.81. The zero-order valence-corrected chi connectivity index (χ0v) is 12.1. The first-order valence-corrected chi connectivity index (χ1v) is 6.60. The molecule has 0 fully saturated rings. The molecule has 2 rings (SSSR count). The van der Waals surface area contributed by atoms with Gasteiger partial charge in [-0.2, -0.15) is 13.2 Å². The largest absolute Gasteiger partial charge is 0.455 e. The monoisotopic (exact) mass is 335 g/mol. The molecular formula is C14H10Cl2F3NO. The number of ether oxygens (including phenoxy) is 1. The van der Waals surface area contributed by atoms with Gasteiger partial charge >= 0.3 is 6.18 Å². The van der Waals surface area contributed by atoms with E-state index in [1.165, 1.54) is 30.3 Å². The first kappa shape index (κ1) is 15.9. The van der Waals surface area contributed by atoms with Gasteiger partial charge in [-0.25, -0.2) is 0 Å². The molecule has 0 atom stereocenters. The lowest BCUT2D eigenvalue weighted by molar-refractivity contribution is -0.138. The lowest BCUT2D eigenvalue weighted by atomic mass is 10.1. The topological polar surface area (TPSA) is 35.2 Å². The molecule has 0 saturated heterocycles. The number of halogens is 5. The van der Waals surface area contributed by atoms with Gasteiger partial charge in [0.1, 0.15) is 11.5 Å². The highest BCUT2D eigenvalue weighted by atomic mass is 35.5. The fraction of sp³-hybridized carbons (Fsp3) is 0.143. The van der Waals surface area contributed by atoms with E-state index < -0.39 is 11.7 Å². The van der Waals surface area contributed by atoms with Crippen LogP contribution in [-0.2, 0) is 12.7 Å². The second kappa shape index (κ2) is 6.13. The van der Waals surface area contributed by atoms with E-state index in [9.17, 15) is 13.2 Å². The molecule has 21 heavy (non-hydrogen) atoms. The van der Waals surface area contributed by atoms with Crippen molar-refractivity contribution in [1.82, 2.24) is 0 Å². The van der Waals surface area contributed by atoms with Gasteiger partial charge < -0.3 is 10.5 Å². The summed E-state index contributed by atoms with van der Waals surface area (Å²) in [4.78, 5) is 0. The van der Waals surface area contributed by atoms with Crippen LogP contribution in [0.15, 0.2) is 36.4 Å². The van der Waals surface area contributed by atoms with E-state index in [4.69, 9.17) is 33.7 Å². The quantitative estimate of drug-likeness (QED) is 0.829. The Morgan fingerprint density at radius 1 is 1.00 bits per heavy atom. The number of hydrogen-bond acceptors (Lipinski definition) is 2. The summed E-state index contributed by atoms with van der Waals surface area (Å²) in [6.45, 7) is 0.00502. The lowest BCUT2D eigenvalue weighted by Crippen LogP contribution is -2.09. The van der Waals surface area contributed by atoms with Gasteiger partial charge in [-0.3, -0.25) is 0 Å². The molecule has 2 nitrogen and oxygen atoms in total. The zero-order chi connectivity index (χ0) is 15.6. The number of alkyl halides is 3. The Labute approximate surface area is 129 Å². The maximum atomic E-state index is 13.1. The third-order valence-corrected chi connectivity index (χ3v) is 3.23. The molecule has 0 aliphatic heterocycles. The normalized spacial score (nSPS) is 11.5. The summed E-state index contributed by atoms with van der Waals surface area (Å²) in [5.74, 6) is -0.254. The van der Waals surface area contributed by atoms with Crippen molar-refractivity contribution in [3.05, 3.63) is 57.6 Å². The van der Waals surface area contributed by atoms with Gasteiger partial charge in [0.25, 0.3) is 0 Å². The average molecular weight is 336 g/mol. The fourth-order valence-electron chi connectivity index (χ4n) is 1.69. The lowest BCUT2D eigenvalue weighted by Gasteiger charge is -2.15. The molecule has 2 aromatic carbocycles. The molecule has 0 saturated carbocycles. The Morgan fingerprint density at radius 3 is 2.24 bits per heavy atom. The summed E-state index contributed by atoms with van der Waals surface area (Å²) < 4.78 is 44.4. The van der Waals surface area contributed by atoms with Crippen LogP contribution in [0, 0.1) is 0 Å². The summed E-state index contributed by atoms with van der Waals surface area (Å²) >= 11 is 11.6. The highest BCUT2D eigenvalue weighted by molar-refractivity contribution is 6.35. The van der Waals surface area contributed by atoms with Crippen molar-refractivity contribution in [2.75, 3.05) is 0 Å². The predicted octanol–water partition coefficient (Wildman–Crippen LogP) is 5.26. The Kier molecular flexibility index (Phi) is 4.66. The third-order valence-electron chi connectivity index (χ3n) is 2.70. The van der Waals surface area contributed by atoms with E-state index in [1.54, 1.807) is 0 Å². The van der Waals surface area contributed by atoms with Crippen molar-refractivity contribution in [3.8, 4) is 11.5 Å². The van der Waals surface area contributed by atoms with Crippen LogP contribution in [0.25, 0.3) is 0 Å². The van der Waals surface area contributed by atoms with E-state index >= 15 is 0 Å². The highest BCUT2D eigenvalue weighted by Crippen LogP contribution is 2.40. The minimum absolute atomic E-state index is 0.00502. The Balaban J connectivity index is 2.44. The van der Waals surface area contributed by atoms with Gasteiger partial charge in [0.15, 0.2) is 0 Å². The van der Waals surface area contributed by atoms with Gasteiger partial charge in [-0.15, -0.1) is 0 Å². The van der Waals surface area contributed by atoms with Crippen molar-refractivity contribution in [1.29, 1.82) is 0 Å². The fourth-order valence-corrected chi connectivity index (χ4v) is 2.14. The molecule has 2 N–H and O–H groups in total. The van der Waals surface area contributed by atoms with Gasteiger partial charge in [0.05, 0.1) is 10.6 Å². The average Bonchev–Trinajstić information content (AvgIpc) is 2.41. The molecule has 0 aliphatic rings. The van der Waals surface area contributed by atoms with Crippen LogP contribution in [0.4, 0.5) is 13.2 Å². The standard InChI is InChI=1S/C14H10Cl2F3NO/c15-9-2-4-13(11(16)6-9)21-12-3-1-8(7-20)5-10(12)14(17,18)19/h1-6H,7,20H2. The molecule has 0 spiro atoms. The van der Waals surface area contributed by atoms with E-state index in [0.29, 0.717) is 10.6 Å². The Morgan fingerprint density at radius 2 is 1.67 bits per heavy atom. The molecule has 0 radical (unpaired) electrons. The van der Waals surface area contributed by atoms with Crippen LogP contribution >= 0.6 is 23.2 Å². The Hall–Kier alpha value is -1.43. The van der Waals surface area contributed by atoms with Crippen LogP contribution < -0.4 is 10.5 Å². The zero-order valence-electron chi connectivity index (χ0n) is 10.5. The number of benzene rings is 2. The van der Waals surface area contributed by atoms with Crippen molar-refractivity contribution in [2.24, 2.45) is 5.73 Å². The molecule has 0 aromatic heterocycles. The van der Waals surface area contributed by atoms with E-state index in [2.05, 4.69) is 0 Å². The number of hydrogen-bond donors (Lipinski definition) is 1. The van der Waals surface area contributed by atoms with Gasteiger partial charge in [-0.05, 0) is 35.9 Å². The van der Waals surface area contributed by atoms with E-state index in [-0.39, 0.29) is 23.1 Å². The SMILES string of the molecule is NCc1ccc(Oc2ccc(Cl)cc2Cl)c(C(F)(F)F)c1. The summed E-state index contributed by atoms with van der Waals surface area (Å²) in [5, 5.41) is 0.486. The van der Waals surface area contributed by atoms with Gasteiger partial charge in [0, 0.05) is 11.6 Å². The maximum Gasteiger partial charge on any atom is 0.419 e. The van der Waals surface area contributed by atoms with Gasteiger partial charge in [-0.1, -0.05) is 29.3 Å². The number of rotatable bonds is 3. The van der Waals surface area contributed by atoms with Crippen LogP contribution in [0.3, 0.4) is 0 Å². The second-order valence-electron chi connectivity index (χ2n) is 4.21. The minimum Gasteiger partial charge on any atom is -0.455 e. The molecule has 0 amide bonds. The van der Waals surface area contributed by atoms with Crippen molar-refractivity contribution >= 4 is 23.2 Å². The first-order valence-electron chi connectivity index (χ1n) is 5.84. The van der Waals surface area contributed by atoms with Crippen molar-refractivity contribution in [3.63, 3.8) is 0 Å². The van der Waals surface area contributed by atoms with Crippen LogP contribution in [0.2, 0.25) is 10.0 Å². The molecule has 112 valence electrons. The molecule has 0 unspecified atom stereocenters. The maximum absolute atomic E-state index is 13.1. The summed E-state index contributed by atoms with van der Waals surface area (Å²) in [7, 11) is 0. The molecular weight excluding hydrogens is 326 g/mol. The van der Waals surface area contributed by atoms with E-state index in [0.717, 1.165) is 6.07 Å². The molecule has 0 heterocycles. The molecule has 7 heteroatoms. The highest BCUT2D eigenvalue weighted by Gasteiger charge is 2.35. The van der Waals surface area contributed by atoms with Crippen LogP contribution in [-0.4, -0.2) is 0 Å². The predicted molar refractivity (Wildman–Crippen MR) is 75.9 cm³/mol. The molecule has 2 aromatic rings. The smallest absolute Gasteiger partial charge is 0.419 e. The summed E-state index contributed by atoms with van der Waals surface area (Å²) in [6.07, 6.45) is -4.56. The van der Waals surface area contributed by atoms with Crippen molar-refractivity contribution < 1.29 is 17.9 Å².